The highest BCUT2D eigenvalue weighted by molar-refractivity contribution is 6.15. The van der Waals surface area contributed by atoms with E-state index in [1.807, 2.05) is 12.4 Å². The molecule has 1 aromatic heterocycles. The third-order valence-electron chi connectivity index (χ3n) is 4.76. The highest BCUT2D eigenvalue weighted by Gasteiger charge is 2.16. The molecule has 0 radical (unpaired) electrons. The number of rotatable bonds is 4. The maximum absolute atomic E-state index is 4.56. The first-order valence-electron chi connectivity index (χ1n) is 8.76. The highest BCUT2D eigenvalue weighted by atomic mass is 35.5. The van der Waals surface area contributed by atoms with E-state index in [1.54, 1.807) is 0 Å². The smallest absolute Gasteiger partial charge is 0.0954 e. The van der Waals surface area contributed by atoms with E-state index in [-0.39, 0.29) is 12.4 Å². The van der Waals surface area contributed by atoms with Gasteiger partial charge < -0.3 is 10.3 Å². The lowest BCUT2D eigenvalue weighted by Crippen LogP contribution is -2.26. The van der Waals surface area contributed by atoms with Gasteiger partial charge in [0.2, 0.25) is 0 Å². The van der Waals surface area contributed by atoms with Crippen molar-refractivity contribution in [2.45, 2.75) is 64.3 Å². The van der Waals surface area contributed by atoms with E-state index < -0.39 is 0 Å². The summed E-state index contributed by atoms with van der Waals surface area (Å²) in [5.74, 6) is 0. The number of nitrogens with zero attached hydrogens (tertiary/aromatic N) is 1. The molecule has 2 N–H and O–H groups in total. The summed E-state index contributed by atoms with van der Waals surface area (Å²) in [5, 5.41) is 3.65. The van der Waals surface area contributed by atoms with E-state index in [0.717, 1.165) is 12.1 Å². The monoisotopic (exact) mass is 333 g/mol. The summed E-state index contributed by atoms with van der Waals surface area (Å²) in [6.07, 6.45) is 18.7. The Morgan fingerprint density at radius 3 is 2.70 bits per heavy atom. The molecule has 1 aliphatic heterocycles. The zero-order valence-electron chi connectivity index (χ0n) is 14.0. The normalized spacial score (nSPS) is 20.7. The van der Waals surface area contributed by atoms with Gasteiger partial charge in [0.05, 0.1) is 11.4 Å². The van der Waals surface area contributed by atoms with Crippen LogP contribution in [0.25, 0.3) is 0 Å². The summed E-state index contributed by atoms with van der Waals surface area (Å²) >= 11 is 0. The number of H-pyrrole nitrogens is 1. The van der Waals surface area contributed by atoms with Crippen molar-refractivity contribution in [3.8, 4) is 0 Å². The highest BCUT2D eigenvalue weighted by Crippen LogP contribution is 2.20. The molecule has 1 saturated carbocycles. The lowest BCUT2D eigenvalue weighted by atomic mass is 9.96. The molecule has 0 spiro atoms. The average Bonchev–Trinajstić information content (AvgIpc) is 3.14. The fraction of sp³-hybridized carbons (Fsp3) is 0.526. The van der Waals surface area contributed by atoms with E-state index >= 15 is 0 Å². The van der Waals surface area contributed by atoms with Gasteiger partial charge in [-0.05, 0) is 37.0 Å². The van der Waals surface area contributed by atoms with Gasteiger partial charge in [0.1, 0.15) is 0 Å². The Balaban J connectivity index is 0.00000192. The van der Waals surface area contributed by atoms with Crippen molar-refractivity contribution < 1.29 is 0 Å². The van der Waals surface area contributed by atoms with E-state index in [4.69, 9.17) is 0 Å². The average molecular weight is 334 g/mol. The van der Waals surface area contributed by atoms with Crippen LogP contribution in [0.5, 0.6) is 0 Å². The van der Waals surface area contributed by atoms with Crippen molar-refractivity contribution in [2.75, 3.05) is 0 Å². The van der Waals surface area contributed by atoms with E-state index in [9.17, 15) is 0 Å². The number of nitrogens with one attached hydrogen (secondary N) is 2. The summed E-state index contributed by atoms with van der Waals surface area (Å²) < 4.78 is 0. The zero-order chi connectivity index (χ0) is 15.2. The third-order valence-corrected chi connectivity index (χ3v) is 4.76. The van der Waals surface area contributed by atoms with E-state index in [0.29, 0.717) is 6.04 Å². The number of aromatic nitrogens is 1. The Labute approximate surface area is 145 Å². The minimum absolute atomic E-state index is 0. The SMILES string of the molecule is CCc1cc[nH]c1C1=NC=CC1=CNC1CCCCCCC1.Cl. The number of aromatic amines is 1. The number of halogens is 1. The van der Waals surface area contributed by atoms with Crippen molar-refractivity contribution in [3.63, 3.8) is 0 Å². The first-order chi connectivity index (χ1) is 10.9. The minimum Gasteiger partial charge on any atom is -0.388 e. The van der Waals surface area contributed by atoms with Crippen molar-refractivity contribution in [2.24, 2.45) is 4.99 Å². The van der Waals surface area contributed by atoms with Gasteiger partial charge >= 0.3 is 0 Å². The predicted molar refractivity (Wildman–Crippen MR) is 100 cm³/mol. The van der Waals surface area contributed by atoms with Crippen LogP contribution in [0.2, 0.25) is 0 Å². The molecule has 0 aromatic carbocycles. The predicted octanol–water partition coefficient (Wildman–Crippen LogP) is 4.90. The number of aliphatic imine (C=N–C) groups is 1. The Kier molecular flexibility index (Phi) is 6.97. The molecular formula is C19H28ClN3. The molecule has 126 valence electrons. The Bertz CT molecular complexity index is 575. The molecule has 2 heterocycles. The number of aryl methyl sites for hydroxylation is 1. The summed E-state index contributed by atoms with van der Waals surface area (Å²) in [7, 11) is 0. The quantitative estimate of drug-likeness (QED) is 0.808. The Morgan fingerprint density at radius 1 is 1.22 bits per heavy atom. The lowest BCUT2D eigenvalue weighted by Gasteiger charge is -2.20. The summed E-state index contributed by atoms with van der Waals surface area (Å²) in [5.41, 5.74) is 4.76. The molecule has 1 fully saturated rings. The van der Waals surface area contributed by atoms with Gasteiger partial charge in [-0.1, -0.05) is 39.0 Å². The van der Waals surface area contributed by atoms with Crippen LogP contribution in [0.1, 0.15) is 63.1 Å². The fourth-order valence-corrected chi connectivity index (χ4v) is 3.42. The molecule has 4 heteroatoms. The van der Waals surface area contributed by atoms with E-state index in [2.05, 4.69) is 40.6 Å². The zero-order valence-corrected chi connectivity index (χ0v) is 14.8. The molecule has 3 rings (SSSR count). The number of hydrogen-bond acceptors (Lipinski definition) is 2. The van der Waals surface area contributed by atoms with Crippen LogP contribution in [0, 0.1) is 0 Å². The molecule has 1 aromatic rings. The van der Waals surface area contributed by atoms with Gasteiger partial charge in [0, 0.05) is 30.2 Å². The maximum Gasteiger partial charge on any atom is 0.0954 e. The van der Waals surface area contributed by atoms with Gasteiger partial charge in [0.15, 0.2) is 0 Å². The standard InChI is InChI=1S/C19H27N3.ClH/c1-2-15-10-12-20-18(15)19-16(11-13-21-19)14-22-17-8-6-4-3-5-7-9-17;/h10-14,17,20,22H,2-9H2,1H3;1H. The molecule has 1 aliphatic carbocycles. The van der Waals surface area contributed by atoms with Gasteiger partial charge in [0.25, 0.3) is 0 Å². The van der Waals surface area contributed by atoms with Crippen LogP contribution in [-0.4, -0.2) is 16.7 Å². The molecule has 23 heavy (non-hydrogen) atoms. The van der Waals surface area contributed by atoms with Crippen LogP contribution in [0.15, 0.2) is 41.3 Å². The van der Waals surface area contributed by atoms with Crippen molar-refractivity contribution in [3.05, 3.63) is 47.6 Å². The van der Waals surface area contributed by atoms with Gasteiger partial charge in [-0.15, -0.1) is 12.4 Å². The molecule has 0 atom stereocenters. The second-order valence-corrected chi connectivity index (χ2v) is 6.33. The third kappa shape index (κ3) is 4.51. The lowest BCUT2D eigenvalue weighted by molar-refractivity contribution is 0.420. The minimum atomic E-state index is 0. The molecular weight excluding hydrogens is 306 g/mol. The van der Waals surface area contributed by atoms with Crippen molar-refractivity contribution in [1.29, 1.82) is 0 Å². The molecule has 0 bridgehead atoms. The second kappa shape index (κ2) is 8.97. The number of hydrogen-bond donors (Lipinski definition) is 2. The maximum atomic E-state index is 4.56. The van der Waals surface area contributed by atoms with Crippen LogP contribution in [0.3, 0.4) is 0 Å². The summed E-state index contributed by atoms with van der Waals surface area (Å²) in [6.45, 7) is 2.19. The van der Waals surface area contributed by atoms with Crippen LogP contribution >= 0.6 is 12.4 Å². The molecule has 0 amide bonds. The second-order valence-electron chi connectivity index (χ2n) is 6.33. The van der Waals surface area contributed by atoms with Gasteiger partial charge in [-0.2, -0.15) is 0 Å². The Hall–Kier alpha value is -1.48. The van der Waals surface area contributed by atoms with Crippen molar-refractivity contribution in [1.82, 2.24) is 10.3 Å². The van der Waals surface area contributed by atoms with Crippen molar-refractivity contribution >= 4 is 18.1 Å². The van der Waals surface area contributed by atoms with Crippen LogP contribution in [-0.2, 0) is 6.42 Å². The van der Waals surface area contributed by atoms with Gasteiger partial charge in [-0.3, -0.25) is 4.99 Å². The first kappa shape index (κ1) is 17.9. The molecule has 0 unspecified atom stereocenters. The summed E-state index contributed by atoms with van der Waals surface area (Å²) in [4.78, 5) is 7.91. The topological polar surface area (TPSA) is 40.2 Å². The molecule has 0 saturated heterocycles. The largest absolute Gasteiger partial charge is 0.388 e. The fourth-order valence-electron chi connectivity index (χ4n) is 3.42. The van der Waals surface area contributed by atoms with Gasteiger partial charge in [-0.25, -0.2) is 0 Å². The van der Waals surface area contributed by atoms with Crippen LogP contribution in [0.4, 0.5) is 0 Å². The van der Waals surface area contributed by atoms with E-state index in [1.165, 1.54) is 61.8 Å². The molecule has 3 nitrogen and oxygen atoms in total. The Morgan fingerprint density at radius 2 is 1.96 bits per heavy atom. The summed E-state index contributed by atoms with van der Waals surface area (Å²) in [6, 6.07) is 2.77. The number of allylic oxidation sites excluding steroid dienone is 2. The first-order valence-corrected chi connectivity index (χ1v) is 8.76. The molecule has 2 aliphatic rings. The van der Waals surface area contributed by atoms with Crippen LogP contribution < -0.4 is 5.32 Å².